The standard InChI is InChI=1S/C17H18FN3O/c18-13-5-4-6-14(11-13)20-17(22)16-8-7-15(12-19-16)21-9-2-1-3-10-21/h4-8,11-12H,1-3,9-10H2,(H,20,22). The Morgan fingerprint density at radius 1 is 1.14 bits per heavy atom. The zero-order valence-electron chi connectivity index (χ0n) is 12.3. The van der Waals surface area contributed by atoms with E-state index in [1.807, 2.05) is 6.07 Å². The van der Waals surface area contributed by atoms with Gasteiger partial charge in [-0.05, 0) is 49.6 Å². The summed E-state index contributed by atoms with van der Waals surface area (Å²) in [5, 5.41) is 2.64. The zero-order chi connectivity index (χ0) is 15.4. The second-order valence-electron chi connectivity index (χ2n) is 5.41. The third kappa shape index (κ3) is 3.42. The van der Waals surface area contributed by atoms with E-state index in [2.05, 4.69) is 15.2 Å². The Bertz CT molecular complexity index is 651. The van der Waals surface area contributed by atoms with E-state index in [1.165, 1.54) is 31.4 Å². The number of anilines is 2. The number of carbonyl (C=O) groups excluding carboxylic acids is 1. The molecule has 0 aliphatic carbocycles. The molecule has 1 aromatic heterocycles. The van der Waals surface area contributed by atoms with Crippen molar-refractivity contribution in [3.8, 4) is 0 Å². The number of nitrogens with zero attached hydrogens (tertiary/aromatic N) is 2. The maximum absolute atomic E-state index is 13.1. The van der Waals surface area contributed by atoms with Crippen molar-refractivity contribution in [2.24, 2.45) is 0 Å². The number of piperidine rings is 1. The van der Waals surface area contributed by atoms with Crippen molar-refractivity contribution in [1.29, 1.82) is 0 Å². The van der Waals surface area contributed by atoms with Crippen LogP contribution in [0.15, 0.2) is 42.6 Å². The van der Waals surface area contributed by atoms with E-state index in [9.17, 15) is 9.18 Å². The molecule has 1 aromatic carbocycles. The smallest absolute Gasteiger partial charge is 0.274 e. The summed E-state index contributed by atoms with van der Waals surface area (Å²) in [4.78, 5) is 18.6. The molecule has 1 aliphatic rings. The number of pyridine rings is 1. The van der Waals surface area contributed by atoms with Gasteiger partial charge in [-0.15, -0.1) is 0 Å². The summed E-state index contributed by atoms with van der Waals surface area (Å²) in [5.74, 6) is -0.720. The lowest BCUT2D eigenvalue weighted by Crippen LogP contribution is -2.29. The van der Waals surface area contributed by atoms with Crippen molar-refractivity contribution in [1.82, 2.24) is 4.98 Å². The number of aromatic nitrogens is 1. The maximum Gasteiger partial charge on any atom is 0.274 e. The van der Waals surface area contributed by atoms with Crippen molar-refractivity contribution in [3.05, 3.63) is 54.1 Å². The normalized spacial score (nSPS) is 14.7. The van der Waals surface area contributed by atoms with E-state index in [0.29, 0.717) is 11.4 Å². The highest BCUT2D eigenvalue weighted by Gasteiger charge is 2.13. The van der Waals surface area contributed by atoms with Gasteiger partial charge in [0, 0.05) is 18.8 Å². The van der Waals surface area contributed by atoms with Gasteiger partial charge in [-0.3, -0.25) is 4.79 Å². The quantitative estimate of drug-likeness (QED) is 0.944. The van der Waals surface area contributed by atoms with Gasteiger partial charge in [0.25, 0.3) is 5.91 Å². The molecule has 1 amide bonds. The molecule has 0 spiro atoms. The number of carbonyl (C=O) groups is 1. The molecule has 2 aromatic rings. The predicted molar refractivity (Wildman–Crippen MR) is 84.7 cm³/mol. The molecule has 114 valence electrons. The van der Waals surface area contributed by atoms with Gasteiger partial charge in [0.05, 0.1) is 11.9 Å². The van der Waals surface area contributed by atoms with Gasteiger partial charge in [0.15, 0.2) is 0 Å². The van der Waals surface area contributed by atoms with Crippen LogP contribution in [0.5, 0.6) is 0 Å². The summed E-state index contributed by atoms with van der Waals surface area (Å²) in [5.41, 5.74) is 1.79. The van der Waals surface area contributed by atoms with Crippen LogP contribution < -0.4 is 10.2 Å². The summed E-state index contributed by atoms with van der Waals surface area (Å²) in [7, 11) is 0. The first-order valence-corrected chi connectivity index (χ1v) is 7.50. The Morgan fingerprint density at radius 3 is 2.64 bits per heavy atom. The lowest BCUT2D eigenvalue weighted by atomic mass is 10.1. The van der Waals surface area contributed by atoms with Crippen LogP contribution in [-0.4, -0.2) is 24.0 Å². The SMILES string of the molecule is O=C(Nc1cccc(F)c1)c1ccc(N2CCCCC2)cn1. The molecular weight excluding hydrogens is 281 g/mol. The Morgan fingerprint density at radius 2 is 1.95 bits per heavy atom. The Balaban J connectivity index is 1.68. The summed E-state index contributed by atoms with van der Waals surface area (Å²) in [6.07, 6.45) is 5.40. The molecule has 1 N–H and O–H groups in total. The van der Waals surface area contributed by atoms with Crippen LogP contribution in [-0.2, 0) is 0 Å². The molecule has 5 heteroatoms. The van der Waals surface area contributed by atoms with E-state index in [0.717, 1.165) is 18.8 Å². The van der Waals surface area contributed by atoms with Crippen molar-refractivity contribution < 1.29 is 9.18 Å². The predicted octanol–water partition coefficient (Wildman–Crippen LogP) is 3.46. The van der Waals surface area contributed by atoms with Crippen molar-refractivity contribution >= 4 is 17.3 Å². The van der Waals surface area contributed by atoms with Gasteiger partial charge in [-0.2, -0.15) is 0 Å². The molecular formula is C17H18FN3O. The summed E-state index contributed by atoms with van der Waals surface area (Å²) in [6, 6.07) is 9.43. The lowest BCUT2D eigenvalue weighted by Gasteiger charge is -2.28. The number of nitrogens with one attached hydrogen (secondary N) is 1. The number of hydrogen-bond donors (Lipinski definition) is 1. The monoisotopic (exact) mass is 299 g/mol. The maximum atomic E-state index is 13.1. The molecule has 2 heterocycles. The molecule has 0 radical (unpaired) electrons. The fourth-order valence-corrected chi connectivity index (χ4v) is 2.62. The van der Waals surface area contributed by atoms with Crippen LogP contribution in [0.4, 0.5) is 15.8 Å². The minimum absolute atomic E-state index is 0.324. The number of hydrogen-bond acceptors (Lipinski definition) is 3. The number of rotatable bonds is 3. The first kappa shape index (κ1) is 14.5. The fraction of sp³-hybridized carbons (Fsp3) is 0.294. The first-order chi connectivity index (χ1) is 10.7. The van der Waals surface area contributed by atoms with Crippen molar-refractivity contribution in [2.45, 2.75) is 19.3 Å². The van der Waals surface area contributed by atoms with Gasteiger partial charge in [-0.25, -0.2) is 9.37 Å². The number of amides is 1. The Hall–Kier alpha value is -2.43. The molecule has 4 nitrogen and oxygen atoms in total. The minimum atomic E-state index is -0.383. The van der Waals surface area contributed by atoms with Crippen LogP contribution >= 0.6 is 0 Å². The van der Waals surface area contributed by atoms with E-state index in [-0.39, 0.29) is 11.7 Å². The van der Waals surface area contributed by atoms with Crippen molar-refractivity contribution in [3.63, 3.8) is 0 Å². The molecule has 0 bridgehead atoms. The van der Waals surface area contributed by atoms with Gasteiger partial charge in [0.2, 0.25) is 0 Å². The van der Waals surface area contributed by atoms with Gasteiger partial charge in [0.1, 0.15) is 11.5 Å². The number of benzene rings is 1. The summed E-state index contributed by atoms with van der Waals surface area (Å²) < 4.78 is 13.1. The fourth-order valence-electron chi connectivity index (χ4n) is 2.62. The second-order valence-corrected chi connectivity index (χ2v) is 5.41. The molecule has 22 heavy (non-hydrogen) atoms. The lowest BCUT2D eigenvalue weighted by molar-refractivity contribution is 0.102. The summed E-state index contributed by atoms with van der Waals surface area (Å²) in [6.45, 7) is 2.08. The molecule has 1 saturated heterocycles. The van der Waals surface area contributed by atoms with E-state index >= 15 is 0 Å². The highest BCUT2D eigenvalue weighted by Crippen LogP contribution is 2.19. The van der Waals surface area contributed by atoms with Crippen LogP contribution in [0.2, 0.25) is 0 Å². The molecule has 1 fully saturated rings. The van der Waals surface area contributed by atoms with Gasteiger partial charge >= 0.3 is 0 Å². The third-order valence-electron chi connectivity index (χ3n) is 3.78. The topological polar surface area (TPSA) is 45.2 Å². The Kier molecular flexibility index (Phi) is 4.32. The largest absolute Gasteiger partial charge is 0.370 e. The molecule has 3 rings (SSSR count). The first-order valence-electron chi connectivity index (χ1n) is 7.50. The summed E-state index contributed by atoms with van der Waals surface area (Å²) >= 11 is 0. The van der Waals surface area contributed by atoms with Gasteiger partial charge in [-0.1, -0.05) is 6.07 Å². The third-order valence-corrected chi connectivity index (χ3v) is 3.78. The van der Waals surface area contributed by atoms with E-state index in [1.54, 1.807) is 24.4 Å². The van der Waals surface area contributed by atoms with Gasteiger partial charge < -0.3 is 10.2 Å². The van der Waals surface area contributed by atoms with Crippen LogP contribution in [0.25, 0.3) is 0 Å². The van der Waals surface area contributed by atoms with Crippen LogP contribution in [0, 0.1) is 5.82 Å². The molecule has 1 aliphatic heterocycles. The Labute approximate surface area is 129 Å². The average Bonchev–Trinajstić information content (AvgIpc) is 2.56. The average molecular weight is 299 g/mol. The number of halogens is 1. The van der Waals surface area contributed by atoms with Crippen LogP contribution in [0.3, 0.4) is 0 Å². The van der Waals surface area contributed by atoms with E-state index < -0.39 is 0 Å². The highest BCUT2D eigenvalue weighted by molar-refractivity contribution is 6.02. The highest BCUT2D eigenvalue weighted by atomic mass is 19.1. The minimum Gasteiger partial charge on any atom is -0.370 e. The van der Waals surface area contributed by atoms with E-state index in [4.69, 9.17) is 0 Å². The van der Waals surface area contributed by atoms with Crippen molar-refractivity contribution in [2.75, 3.05) is 23.3 Å². The molecule has 0 saturated carbocycles. The van der Waals surface area contributed by atoms with Crippen LogP contribution in [0.1, 0.15) is 29.8 Å². The zero-order valence-corrected chi connectivity index (χ0v) is 12.3. The molecule has 0 unspecified atom stereocenters. The molecule has 0 atom stereocenters. The second kappa shape index (κ2) is 6.56.